The number of hydrogen-bond donors (Lipinski definition) is 0. The van der Waals surface area contributed by atoms with Crippen LogP contribution in [0.5, 0.6) is 5.75 Å². The Labute approximate surface area is 161 Å². The molecule has 0 spiro atoms. The first kappa shape index (κ1) is 18.2. The molecule has 1 aliphatic heterocycles. The second kappa shape index (κ2) is 7.80. The highest BCUT2D eigenvalue weighted by atomic mass is 19.1. The number of likely N-dealkylation sites (tertiary alicyclic amines) is 1. The molecule has 1 fully saturated rings. The van der Waals surface area contributed by atoms with Gasteiger partial charge in [0.15, 0.2) is 5.82 Å². The van der Waals surface area contributed by atoms with Gasteiger partial charge in [0, 0.05) is 19.0 Å². The van der Waals surface area contributed by atoms with Crippen LogP contribution in [0.15, 0.2) is 53.1 Å². The number of benzene rings is 2. The molecule has 6 nitrogen and oxygen atoms in total. The number of hydrogen-bond acceptors (Lipinski definition) is 5. The van der Waals surface area contributed by atoms with Crippen LogP contribution in [0.1, 0.15) is 34.9 Å². The van der Waals surface area contributed by atoms with Crippen LogP contribution in [-0.2, 0) is 0 Å². The highest BCUT2D eigenvalue weighted by Crippen LogP contribution is 2.31. The van der Waals surface area contributed by atoms with Gasteiger partial charge in [-0.05, 0) is 37.1 Å². The topological polar surface area (TPSA) is 68.5 Å². The molecule has 0 saturated carbocycles. The van der Waals surface area contributed by atoms with Gasteiger partial charge in [-0.25, -0.2) is 4.39 Å². The van der Waals surface area contributed by atoms with Gasteiger partial charge in [0.1, 0.15) is 11.6 Å². The Hall–Kier alpha value is -3.22. The molecule has 144 valence electrons. The van der Waals surface area contributed by atoms with E-state index in [2.05, 4.69) is 10.1 Å². The molecule has 4 rings (SSSR count). The number of rotatable bonds is 4. The van der Waals surface area contributed by atoms with Crippen molar-refractivity contribution in [3.8, 4) is 17.2 Å². The minimum Gasteiger partial charge on any atom is -0.496 e. The lowest BCUT2D eigenvalue weighted by atomic mass is 9.96. The number of carbonyl (C=O) groups is 1. The number of nitrogens with zero attached hydrogens (tertiary/aromatic N) is 3. The Morgan fingerprint density at radius 1 is 1.21 bits per heavy atom. The van der Waals surface area contributed by atoms with Crippen molar-refractivity contribution in [1.29, 1.82) is 0 Å². The van der Waals surface area contributed by atoms with Gasteiger partial charge >= 0.3 is 0 Å². The van der Waals surface area contributed by atoms with Gasteiger partial charge in [0.05, 0.1) is 18.2 Å². The Morgan fingerprint density at radius 3 is 2.82 bits per heavy atom. The van der Waals surface area contributed by atoms with Crippen LogP contribution in [0.2, 0.25) is 0 Å². The number of carbonyl (C=O) groups excluding carboxylic acids is 1. The Balaban J connectivity index is 1.54. The summed E-state index contributed by atoms with van der Waals surface area (Å²) in [6, 6.07) is 13.5. The lowest BCUT2D eigenvalue weighted by Crippen LogP contribution is -2.39. The third kappa shape index (κ3) is 3.47. The Morgan fingerprint density at radius 2 is 2.00 bits per heavy atom. The lowest BCUT2D eigenvalue weighted by molar-refractivity contribution is 0.0699. The highest BCUT2D eigenvalue weighted by Gasteiger charge is 2.30. The van der Waals surface area contributed by atoms with E-state index in [4.69, 9.17) is 9.26 Å². The fraction of sp³-hybridized carbons (Fsp3) is 0.286. The van der Waals surface area contributed by atoms with Gasteiger partial charge in [-0.2, -0.15) is 4.98 Å². The maximum Gasteiger partial charge on any atom is 0.261 e. The normalized spacial score (nSPS) is 16.8. The molecular formula is C21H20FN3O3. The summed E-state index contributed by atoms with van der Waals surface area (Å²) in [5.74, 6) is 0.704. The van der Waals surface area contributed by atoms with E-state index in [0.29, 0.717) is 30.6 Å². The van der Waals surface area contributed by atoms with Crippen LogP contribution in [0.25, 0.3) is 11.5 Å². The zero-order chi connectivity index (χ0) is 19.5. The first-order valence-electron chi connectivity index (χ1n) is 9.18. The number of ether oxygens (including phenoxy) is 1. The van der Waals surface area contributed by atoms with Gasteiger partial charge < -0.3 is 14.2 Å². The maximum atomic E-state index is 14.0. The minimum atomic E-state index is -0.507. The van der Waals surface area contributed by atoms with Crippen molar-refractivity contribution in [2.75, 3.05) is 20.2 Å². The summed E-state index contributed by atoms with van der Waals surface area (Å²) >= 11 is 0. The van der Waals surface area contributed by atoms with E-state index in [9.17, 15) is 9.18 Å². The summed E-state index contributed by atoms with van der Waals surface area (Å²) in [4.78, 5) is 18.9. The van der Waals surface area contributed by atoms with Crippen molar-refractivity contribution in [3.05, 3.63) is 65.7 Å². The molecule has 0 bridgehead atoms. The molecule has 7 heteroatoms. The van der Waals surface area contributed by atoms with E-state index in [1.807, 2.05) is 24.3 Å². The Bertz CT molecular complexity index is 988. The maximum absolute atomic E-state index is 14.0. The number of aromatic nitrogens is 2. The summed E-state index contributed by atoms with van der Waals surface area (Å²) in [6.45, 7) is 1.01. The SMILES string of the molecule is COc1ccccc1-c1nc(C2CCCN(C(=O)c3ccccc3F)C2)no1. The zero-order valence-corrected chi connectivity index (χ0v) is 15.5. The molecule has 2 aromatic carbocycles. The number of piperidine rings is 1. The van der Waals surface area contributed by atoms with E-state index in [0.717, 1.165) is 18.4 Å². The summed E-state index contributed by atoms with van der Waals surface area (Å²) in [5.41, 5.74) is 0.810. The van der Waals surface area contributed by atoms with Crippen LogP contribution in [0, 0.1) is 5.82 Å². The summed E-state index contributed by atoms with van der Waals surface area (Å²) < 4.78 is 24.8. The fourth-order valence-electron chi connectivity index (χ4n) is 3.51. The van der Waals surface area contributed by atoms with Crippen molar-refractivity contribution < 1.29 is 18.4 Å². The molecule has 3 aromatic rings. The molecule has 1 atom stereocenters. The molecule has 0 aliphatic carbocycles. The van der Waals surface area contributed by atoms with Gasteiger partial charge in [-0.15, -0.1) is 0 Å². The second-order valence-electron chi connectivity index (χ2n) is 6.73. The van der Waals surface area contributed by atoms with E-state index in [1.54, 1.807) is 24.1 Å². The van der Waals surface area contributed by atoms with Gasteiger partial charge in [-0.1, -0.05) is 29.4 Å². The largest absolute Gasteiger partial charge is 0.496 e. The van der Waals surface area contributed by atoms with E-state index < -0.39 is 5.82 Å². The first-order chi connectivity index (χ1) is 13.7. The third-order valence-corrected chi connectivity index (χ3v) is 4.96. The van der Waals surface area contributed by atoms with Crippen LogP contribution in [-0.4, -0.2) is 41.1 Å². The van der Waals surface area contributed by atoms with Crippen LogP contribution >= 0.6 is 0 Å². The predicted molar refractivity (Wildman–Crippen MR) is 101 cm³/mol. The zero-order valence-electron chi connectivity index (χ0n) is 15.5. The van der Waals surface area contributed by atoms with Crippen LogP contribution < -0.4 is 4.74 Å². The molecule has 28 heavy (non-hydrogen) atoms. The van der Waals surface area contributed by atoms with Crippen molar-refractivity contribution in [3.63, 3.8) is 0 Å². The quantitative estimate of drug-likeness (QED) is 0.686. The molecular weight excluding hydrogens is 361 g/mol. The molecule has 1 saturated heterocycles. The monoisotopic (exact) mass is 381 g/mol. The van der Waals surface area contributed by atoms with Crippen molar-refractivity contribution in [1.82, 2.24) is 15.0 Å². The van der Waals surface area contributed by atoms with Gasteiger partial charge in [-0.3, -0.25) is 4.79 Å². The predicted octanol–water partition coefficient (Wildman–Crippen LogP) is 3.90. The molecule has 0 radical (unpaired) electrons. The second-order valence-corrected chi connectivity index (χ2v) is 6.73. The third-order valence-electron chi connectivity index (χ3n) is 4.96. The molecule has 1 unspecified atom stereocenters. The van der Waals surface area contributed by atoms with E-state index >= 15 is 0 Å². The molecule has 0 N–H and O–H groups in total. The number of amides is 1. The van der Waals surface area contributed by atoms with Crippen molar-refractivity contribution in [2.24, 2.45) is 0 Å². The molecule has 2 heterocycles. The standard InChI is InChI=1S/C21H20FN3O3/c1-27-18-11-5-3-9-16(18)20-23-19(24-28-20)14-7-6-12-25(13-14)21(26)15-8-2-4-10-17(15)22/h2-5,8-11,14H,6-7,12-13H2,1H3. The summed E-state index contributed by atoms with van der Waals surface area (Å²) in [6.07, 6.45) is 1.63. The first-order valence-corrected chi connectivity index (χ1v) is 9.18. The highest BCUT2D eigenvalue weighted by molar-refractivity contribution is 5.94. The Kier molecular flexibility index (Phi) is 5.06. The fourth-order valence-corrected chi connectivity index (χ4v) is 3.51. The average molecular weight is 381 g/mol. The number of methoxy groups -OCH3 is 1. The van der Waals surface area contributed by atoms with Crippen LogP contribution in [0.3, 0.4) is 0 Å². The van der Waals surface area contributed by atoms with E-state index in [-0.39, 0.29) is 17.4 Å². The molecule has 1 aromatic heterocycles. The average Bonchev–Trinajstić information content (AvgIpc) is 3.24. The summed E-state index contributed by atoms with van der Waals surface area (Å²) in [7, 11) is 1.59. The number of para-hydroxylation sites is 1. The van der Waals surface area contributed by atoms with Gasteiger partial charge in [0.2, 0.25) is 0 Å². The number of halogens is 1. The summed E-state index contributed by atoms with van der Waals surface area (Å²) in [5, 5.41) is 4.12. The molecule has 1 aliphatic rings. The van der Waals surface area contributed by atoms with Crippen molar-refractivity contribution >= 4 is 5.91 Å². The van der Waals surface area contributed by atoms with Crippen LogP contribution in [0.4, 0.5) is 4.39 Å². The van der Waals surface area contributed by atoms with Gasteiger partial charge in [0.25, 0.3) is 11.8 Å². The smallest absolute Gasteiger partial charge is 0.261 e. The lowest BCUT2D eigenvalue weighted by Gasteiger charge is -2.31. The van der Waals surface area contributed by atoms with Crippen molar-refractivity contribution in [2.45, 2.75) is 18.8 Å². The minimum absolute atomic E-state index is 0.0586. The molecule has 1 amide bonds. The van der Waals surface area contributed by atoms with E-state index in [1.165, 1.54) is 12.1 Å².